The van der Waals surface area contributed by atoms with Crippen LogP contribution in [0.25, 0.3) is 17.8 Å². The normalized spacial score (nSPS) is 12.9. The highest BCUT2D eigenvalue weighted by atomic mass is 35.5. The maximum Gasteiger partial charge on any atom is 0.142 e. The Hall–Kier alpha value is -2.59. The highest BCUT2D eigenvalue weighted by Gasteiger charge is 2.11. The number of hydrogen-bond donors (Lipinski definition) is 1. The third-order valence-corrected chi connectivity index (χ3v) is 2.66. The first kappa shape index (κ1) is 16.5. The molecule has 0 aliphatic carbocycles. The van der Waals surface area contributed by atoms with E-state index in [1.165, 1.54) is 16.9 Å². The highest BCUT2D eigenvalue weighted by molar-refractivity contribution is 6.33. The maximum absolute atomic E-state index is 9.89. The summed E-state index contributed by atoms with van der Waals surface area (Å²) in [5.41, 5.74) is 1.38. The van der Waals surface area contributed by atoms with Gasteiger partial charge in [-0.2, -0.15) is 0 Å². The fourth-order valence-corrected chi connectivity index (χ4v) is 1.50. The first-order valence-corrected chi connectivity index (χ1v) is 6.39. The summed E-state index contributed by atoms with van der Waals surface area (Å²) in [6, 6.07) is 0. The molecule has 0 amide bonds. The Balaban J connectivity index is 3.45. The Labute approximate surface area is 129 Å². The molecule has 0 aromatic carbocycles. The molecule has 4 nitrogen and oxygen atoms in total. The van der Waals surface area contributed by atoms with Gasteiger partial charge in [-0.3, -0.25) is 0 Å². The zero-order valence-corrected chi connectivity index (χ0v) is 12.3. The molecule has 1 heterocycles. The van der Waals surface area contributed by atoms with E-state index in [2.05, 4.69) is 36.5 Å². The zero-order valence-electron chi connectivity index (χ0n) is 11.5. The topological polar surface area (TPSA) is 50.9 Å². The van der Waals surface area contributed by atoms with Crippen molar-refractivity contribution in [1.82, 2.24) is 15.0 Å². The molecule has 0 saturated heterocycles. The average molecular weight is 302 g/mol. The number of nitrogens with zero attached hydrogens (tertiary/aromatic N) is 3. The molecule has 1 aromatic heterocycles. The van der Waals surface area contributed by atoms with Crippen molar-refractivity contribution in [2.24, 2.45) is 0 Å². The van der Waals surface area contributed by atoms with Crippen molar-refractivity contribution in [3.05, 3.63) is 78.9 Å². The Morgan fingerprint density at radius 3 is 2.29 bits per heavy atom. The van der Waals surface area contributed by atoms with E-state index in [-0.39, 0.29) is 5.76 Å². The van der Waals surface area contributed by atoms with Crippen molar-refractivity contribution >= 4 is 29.5 Å². The smallest absolute Gasteiger partial charge is 0.142 e. The lowest BCUT2D eigenvalue weighted by molar-refractivity contribution is 0.430. The van der Waals surface area contributed by atoms with E-state index in [0.717, 1.165) is 0 Å². The van der Waals surface area contributed by atoms with E-state index in [1.54, 1.807) is 30.4 Å². The van der Waals surface area contributed by atoms with E-state index in [1.807, 2.05) is 0 Å². The fourth-order valence-electron chi connectivity index (χ4n) is 1.39. The van der Waals surface area contributed by atoms with Crippen LogP contribution >= 0.6 is 11.6 Å². The summed E-state index contributed by atoms with van der Waals surface area (Å²) in [5, 5.41) is 18.8. The van der Waals surface area contributed by atoms with Crippen molar-refractivity contribution in [2.75, 3.05) is 0 Å². The zero-order chi connectivity index (χ0) is 15.8. The van der Waals surface area contributed by atoms with Crippen LogP contribution in [0.5, 0.6) is 0 Å². The molecule has 0 radical (unpaired) electrons. The molecule has 1 rings (SSSR count). The minimum absolute atomic E-state index is 0.0657. The van der Waals surface area contributed by atoms with Crippen LogP contribution in [-0.2, 0) is 0 Å². The third kappa shape index (κ3) is 4.19. The quantitative estimate of drug-likeness (QED) is 0.602. The molecule has 1 aromatic rings. The van der Waals surface area contributed by atoms with Crippen LogP contribution in [0.15, 0.2) is 67.5 Å². The number of aliphatic hydroxyl groups is 1. The van der Waals surface area contributed by atoms with Crippen molar-refractivity contribution < 1.29 is 5.11 Å². The minimum Gasteiger partial charge on any atom is -0.506 e. The van der Waals surface area contributed by atoms with Gasteiger partial charge in [0.15, 0.2) is 0 Å². The standard InChI is InChI=1S/C16H16ClN3O/c1-5-9-10-15(16(21)8-4)20-18-13(7-3)14(19-20)11-12(17)6-2/h5-11,21H,1-4H2/b10-9-,12-11+,16-15-. The van der Waals surface area contributed by atoms with Gasteiger partial charge in [0.05, 0.1) is 0 Å². The molecule has 0 atom stereocenters. The van der Waals surface area contributed by atoms with Gasteiger partial charge < -0.3 is 5.11 Å². The number of halogens is 1. The Morgan fingerprint density at radius 2 is 1.76 bits per heavy atom. The van der Waals surface area contributed by atoms with Crippen LogP contribution < -0.4 is 0 Å². The van der Waals surface area contributed by atoms with E-state index in [4.69, 9.17) is 11.6 Å². The third-order valence-electron chi connectivity index (χ3n) is 2.39. The largest absolute Gasteiger partial charge is 0.506 e. The van der Waals surface area contributed by atoms with Crippen LogP contribution in [-0.4, -0.2) is 20.1 Å². The number of allylic oxidation sites excluding steroid dienone is 7. The number of aliphatic hydroxyl groups excluding tert-OH is 1. The predicted molar refractivity (Wildman–Crippen MR) is 89.5 cm³/mol. The summed E-state index contributed by atoms with van der Waals surface area (Å²) in [7, 11) is 0. The summed E-state index contributed by atoms with van der Waals surface area (Å²) in [6.07, 6.45) is 10.8. The van der Waals surface area contributed by atoms with Gasteiger partial charge in [0.2, 0.25) is 0 Å². The molecule has 108 valence electrons. The Bertz CT molecular complexity index is 663. The lowest BCUT2D eigenvalue weighted by atomic mass is 10.3. The summed E-state index contributed by atoms with van der Waals surface area (Å²) < 4.78 is 0. The first-order valence-electron chi connectivity index (χ1n) is 6.02. The second-order valence-corrected chi connectivity index (χ2v) is 4.20. The summed E-state index contributed by atoms with van der Waals surface area (Å²) in [4.78, 5) is 1.27. The van der Waals surface area contributed by atoms with Gasteiger partial charge in [-0.1, -0.05) is 56.1 Å². The summed E-state index contributed by atoms with van der Waals surface area (Å²) in [6.45, 7) is 14.4. The van der Waals surface area contributed by atoms with Crippen LogP contribution in [0.2, 0.25) is 0 Å². The van der Waals surface area contributed by atoms with Crippen LogP contribution in [0.4, 0.5) is 0 Å². The van der Waals surface area contributed by atoms with Crippen LogP contribution in [0, 0.1) is 0 Å². The van der Waals surface area contributed by atoms with Crippen molar-refractivity contribution in [3.63, 3.8) is 0 Å². The van der Waals surface area contributed by atoms with Gasteiger partial charge in [-0.05, 0) is 24.3 Å². The van der Waals surface area contributed by atoms with Crippen LogP contribution in [0.1, 0.15) is 11.4 Å². The van der Waals surface area contributed by atoms with E-state index in [9.17, 15) is 5.11 Å². The molecule has 0 saturated carbocycles. The second-order valence-electron chi connectivity index (χ2n) is 3.77. The maximum atomic E-state index is 9.89. The highest BCUT2D eigenvalue weighted by Crippen LogP contribution is 2.17. The molecule has 1 N–H and O–H groups in total. The average Bonchev–Trinajstić information content (AvgIpc) is 2.89. The van der Waals surface area contributed by atoms with Gasteiger partial charge in [-0.15, -0.1) is 15.0 Å². The van der Waals surface area contributed by atoms with Gasteiger partial charge >= 0.3 is 0 Å². The Morgan fingerprint density at radius 1 is 1.10 bits per heavy atom. The van der Waals surface area contributed by atoms with Crippen molar-refractivity contribution in [2.45, 2.75) is 0 Å². The number of aromatic nitrogens is 3. The van der Waals surface area contributed by atoms with E-state index < -0.39 is 0 Å². The molecule has 0 aliphatic heterocycles. The summed E-state index contributed by atoms with van der Waals surface area (Å²) >= 11 is 5.92. The molecule has 0 bridgehead atoms. The molecular formula is C16H16ClN3O. The molecule has 5 heteroatoms. The molecule has 0 fully saturated rings. The molecule has 0 aliphatic rings. The SMILES string of the molecule is C=C/C=C\C(=C(\O)C=C)n1nc(C=C)c(/C=C(/Cl)C=C)n1. The van der Waals surface area contributed by atoms with Crippen molar-refractivity contribution in [1.29, 1.82) is 0 Å². The predicted octanol–water partition coefficient (Wildman–Crippen LogP) is 4.34. The first-order chi connectivity index (χ1) is 10.1. The second kappa shape index (κ2) is 7.87. The monoisotopic (exact) mass is 301 g/mol. The van der Waals surface area contributed by atoms with Crippen molar-refractivity contribution in [3.8, 4) is 0 Å². The van der Waals surface area contributed by atoms with Gasteiger partial charge in [-0.25, -0.2) is 0 Å². The molecular weight excluding hydrogens is 286 g/mol. The molecule has 0 spiro atoms. The lowest BCUT2D eigenvalue weighted by Gasteiger charge is -2.01. The number of hydrogen-bond acceptors (Lipinski definition) is 3. The molecule has 0 unspecified atom stereocenters. The number of rotatable bonds is 7. The van der Waals surface area contributed by atoms with Gasteiger partial charge in [0.25, 0.3) is 0 Å². The van der Waals surface area contributed by atoms with E-state index >= 15 is 0 Å². The van der Waals surface area contributed by atoms with E-state index in [0.29, 0.717) is 22.1 Å². The van der Waals surface area contributed by atoms with Gasteiger partial charge in [0.1, 0.15) is 22.8 Å². The molecule has 21 heavy (non-hydrogen) atoms. The lowest BCUT2D eigenvalue weighted by Crippen LogP contribution is -2.02. The minimum atomic E-state index is -0.0657. The van der Waals surface area contributed by atoms with Crippen LogP contribution in [0.3, 0.4) is 0 Å². The Kier molecular flexibility index (Phi) is 6.17. The van der Waals surface area contributed by atoms with Gasteiger partial charge in [0, 0.05) is 5.03 Å². The fraction of sp³-hybridized carbons (Fsp3) is 0. The summed E-state index contributed by atoms with van der Waals surface area (Å²) in [5.74, 6) is -0.0657.